The molecule has 0 aromatic heterocycles. The van der Waals surface area contributed by atoms with E-state index in [2.05, 4.69) is 0 Å². The molecular formula is C30H26O12. The van der Waals surface area contributed by atoms with E-state index in [-0.39, 0.29) is 69.4 Å². The van der Waals surface area contributed by atoms with E-state index in [9.17, 15) is 51.1 Å². The Morgan fingerprint density at radius 3 is 1.90 bits per heavy atom. The molecule has 4 aromatic rings. The summed E-state index contributed by atoms with van der Waals surface area (Å²) in [4.78, 5) is 0. The summed E-state index contributed by atoms with van der Waals surface area (Å²) in [7, 11) is 0. The third-order valence-corrected chi connectivity index (χ3v) is 7.62. The first-order valence-corrected chi connectivity index (χ1v) is 12.8. The van der Waals surface area contributed by atoms with Crippen LogP contribution in [0.1, 0.15) is 34.5 Å². The van der Waals surface area contributed by atoms with Crippen molar-refractivity contribution in [1.29, 1.82) is 0 Å². The average molecular weight is 579 g/mol. The molecule has 0 unspecified atom stereocenters. The molecule has 0 amide bonds. The Bertz CT molecular complexity index is 1730. The molecule has 12 nitrogen and oxygen atoms in total. The van der Waals surface area contributed by atoms with Gasteiger partial charge in [0.05, 0.1) is 17.8 Å². The molecule has 6 rings (SSSR count). The van der Waals surface area contributed by atoms with Gasteiger partial charge in [-0.05, 0) is 23.8 Å². The number of aromatic hydroxyl groups is 8. The van der Waals surface area contributed by atoms with Crippen molar-refractivity contribution >= 4 is 0 Å². The fourth-order valence-corrected chi connectivity index (χ4v) is 5.59. The second-order valence-electron chi connectivity index (χ2n) is 10.3. The lowest BCUT2D eigenvalue weighted by Crippen LogP contribution is -2.31. The van der Waals surface area contributed by atoms with Gasteiger partial charge in [-0.15, -0.1) is 0 Å². The first kappa shape index (κ1) is 27.0. The van der Waals surface area contributed by atoms with Crippen molar-refractivity contribution in [2.45, 2.75) is 37.3 Å². The maximum absolute atomic E-state index is 11.4. The molecule has 0 saturated carbocycles. The number of phenolic OH excluding ortho intramolecular Hbond substituents is 8. The summed E-state index contributed by atoms with van der Waals surface area (Å²) >= 11 is 0. The molecule has 2 aliphatic heterocycles. The molecule has 0 bridgehead atoms. The van der Waals surface area contributed by atoms with E-state index in [0.29, 0.717) is 5.56 Å². The van der Waals surface area contributed by atoms with Gasteiger partial charge in [0, 0.05) is 53.3 Å². The lowest BCUT2D eigenvalue weighted by Gasteiger charge is -2.34. The van der Waals surface area contributed by atoms with Crippen molar-refractivity contribution in [3.8, 4) is 68.6 Å². The minimum absolute atomic E-state index is 0.00774. The predicted molar refractivity (Wildman–Crippen MR) is 144 cm³/mol. The van der Waals surface area contributed by atoms with Crippen molar-refractivity contribution in [1.82, 2.24) is 0 Å². The van der Waals surface area contributed by atoms with Crippen LogP contribution in [0.2, 0.25) is 0 Å². The minimum Gasteiger partial charge on any atom is -0.508 e. The number of aliphatic hydroxyl groups excluding tert-OH is 2. The highest BCUT2D eigenvalue weighted by Gasteiger charge is 2.38. The summed E-state index contributed by atoms with van der Waals surface area (Å²) in [5.41, 5.74) is 0.0577. The SMILES string of the molecule is Oc1cc(O)c2c(c1)O[C@H](c1ccc(O)c(O)c1-c1c(O)cc3c(c1O)C[C@H](O)[C@@H](c1ccc(O)c(O)c1)O3)[C@@H](O)C2. The summed E-state index contributed by atoms with van der Waals surface area (Å²) in [5.74, 6) is -3.84. The fraction of sp³-hybridized carbons (Fsp3) is 0.200. The summed E-state index contributed by atoms with van der Waals surface area (Å²) < 4.78 is 11.8. The number of benzene rings is 4. The van der Waals surface area contributed by atoms with Crippen LogP contribution in [0.5, 0.6) is 57.5 Å². The Morgan fingerprint density at radius 2 is 1.17 bits per heavy atom. The number of aliphatic hydroxyl groups is 2. The smallest absolute Gasteiger partial charge is 0.166 e. The van der Waals surface area contributed by atoms with Crippen molar-refractivity contribution in [3.05, 3.63) is 70.8 Å². The number of fused-ring (bicyclic) bond motifs is 2. The number of hydrogen-bond acceptors (Lipinski definition) is 12. The molecule has 0 fully saturated rings. The Morgan fingerprint density at radius 1 is 0.524 bits per heavy atom. The van der Waals surface area contributed by atoms with Crippen LogP contribution in [0.25, 0.3) is 11.1 Å². The molecule has 2 heterocycles. The summed E-state index contributed by atoms with van der Waals surface area (Å²) in [6.45, 7) is 0. The van der Waals surface area contributed by atoms with Gasteiger partial charge in [0.2, 0.25) is 0 Å². The van der Waals surface area contributed by atoms with Gasteiger partial charge >= 0.3 is 0 Å². The van der Waals surface area contributed by atoms with Crippen LogP contribution in [0.3, 0.4) is 0 Å². The largest absolute Gasteiger partial charge is 0.508 e. The van der Waals surface area contributed by atoms with E-state index in [4.69, 9.17) is 9.47 Å². The lowest BCUT2D eigenvalue weighted by molar-refractivity contribution is 0.0194. The average Bonchev–Trinajstić information content (AvgIpc) is 2.93. The number of rotatable bonds is 3. The summed E-state index contributed by atoms with van der Waals surface area (Å²) in [6.07, 6.45) is -5.12. The van der Waals surface area contributed by atoms with Crippen molar-refractivity contribution in [3.63, 3.8) is 0 Å². The molecule has 10 N–H and O–H groups in total. The van der Waals surface area contributed by atoms with Gasteiger partial charge in [0.15, 0.2) is 29.1 Å². The van der Waals surface area contributed by atoms with Crippen LogP contribution < -0.4 is 9.47 Å². The zero-order chi connectivity index (χ0) is 30.0. The molecule has 4 atom stereocenters. The van der Waals surface area contributed by atoms with Gasteiger partial charge in [-0.25, -0.2) is 0 Å². The van der Waals surface area contributed by atoms with Gasteiger partial charge in [-0.2, -0.15) is 0 Å². The van der Waals surface area contributed by atoms with Gasteiger partial charge < -0.3 is 60.5 Å². The molecule has 42 heavy (non-hydrogen) atoms. The normalized spacial score (nSPS) is 21.1. The molecule has 4 aromatic carbocycles. The Balaban J connectivity index is 1.45. The fourth-order valence-electron chi connectivity index (χ4n) is 5.59. The molecule has 12 heteroatoms. The standard InChI is InChI=1S/C30H26O12/c31-12-6-18(34)14-8-22(38)30(42-23(14)7-12)13-2-4-17(33)28(40)25(13)26-20(36)10-24-15(27(26)39)9-21(37)29(41-24)11-1-3-16(32)19(35)5-11/h1-7,10,21-22,29-40H,8-9H2/t21-,22-,29+,30+/m0/s1. The zero-order valence-corrected chi connectivity index (χ0v) is 21.6. The highest BCUT2D eigenvalue weighted by Crippen LogP contribution is 2.55. The number of hydrogen-bond donors (Lipinski definition) is 10. The summed E-state index contributed by atoms with van der Waals surface area (Å²) in [6, 6.07) is 9.83. The second-order valence-corrected chi connectivity index (χ2v) is 10.3. The van der Waals surface area contributed by atoms with Crippen LogP contribution >= 0.6 is 0 Å². The van der Waals surface area contributed by atoms with Gasteiger partial charge in [-0.1, -0.05) is 12.1 Å². The third-order valence-electron chi connectivity index (χ3n) is 7.62. The summed E-state index contributed by atoms with van der Waals surface area (Å²) in [5, 5.41) is 105. The molecule has 218 valence electrons. The first-order valence-electron chi connectivity index (χ1n) is 12.8. The Labute approximate surface area is 237 Å². The van der Waals surface area contributed by atoms with E-state index in [1.54, 1.807) is 0 Å². The van der Waals surface area contributed by atoms with Crippen LogP contribution in [-0.2, 0) is 12.8 Å². The van der Waals surface area contributed by atoms with Crippen molar-refractivity contribution < 1.29 is 60.5 Å². The van der Waals surface area contributed by atoms with Crippen LogP contribution in [-0.4, -0.2) is 63.3 Å². The third kappa shape index (κ3) is 4.24. The zero-order valence-electron chi connectivity index (χ0n) is 21.6. The molecule has 0 aliphatic carbocycles. The molecule has 0 spiro atoms. The van der Waals surface area contributed by atoms with Crippen LogP contribution in [0.15, 0.2) is 48.5 Å². The van der Waals surface area contributed by atoms with E-state index in [1.807, 2.05) is 0 Å². The lowest BCUT2D eigenvalue weighted by atomic mass is 9.86. The van der Waals surface area contributed by atoms with Gasteiger partial charge in [0.25, 0.3) is 0 Å². The topological polar surface area (TPSA) is 221 Å². The van der Waals surface area contributed by atoms with E-state index < -0.39 is 53.2 Å². The first-order chi connectivity index (χ1) is 19.9. The maximum atomic E-state index is 11.4. The minimum atomic E-state index is -1.30. The van der Waals surface area contributed by atoms with Crippen molar-refractivity contribution in [2.75, 3.05) is 0 Å². The Kier molecular flexibility index (Phi) is 6.24. The molecule has 2 aliphatic rings. The Hall–Kier alpha value is -5.20. The van der Waals surface area contributed by atoms with E-state index in [1.165, 1.54) is 30.3 Å². The van der Waals surface area contributed by atoms with Crippen LogP contribution in [0, 0.1) is 0 Å². The van der Waals surface area contributed by atoms with Crippen molar-refractivity contribution in [2.24, 2.45) is 0 Å². The molecule has 0 radical (unpaired) electrons. The van der Waals surface area contributed by atoms with E-state index in [0.717, 1.165) is 18.2 Å². The van der Waals surface area contributed by atoms with E-state index >= 15 is 0 Å². The van der Waals surface area contributed by atoms with Gasteiger partial charge in [-0.3, -0.25) is 0 Å². The maximum Gasteiger partial charge on any atom is 0.166 e. The number of phenols is 8. The molecular weight excluding hydrogens is 552 g/mol. The molecule has 0 saturated heterocycles. The second kappa shape index (κ2) is 9.72. The van der Waals surface area contributed by atoms with Crippen LogP contribution in [0.4, 0.5) is 0 Å². The highest BCUT2D eigenvalue weighted by molar-refractivity contribution is 5.87. The number of ether oxygens (including phenoxy) is 2. The monoisotopic (exact) mass is 578 g/mol. The highest BCUT2D eigenvalue weighted by atomic mass is 16.5. The predicted octanol–water partition coefficient (Wildman–Crippen LogP) is 3.07. The van der Waals surface area contributed by atoms with Gasteiger partial charge in [0.1, 0.15) is 40.6 Å². The quantitative estimate of drug-likeness (QED) is 0.159.